The number of hydrogen-bond donors (Lipinski definition) is 2. The summed E-state index contributed by atoms with van der Waals surface area (Å²) in [7, 11) is 0. The zero-order valence-corrected chi connectivity index (χ0v) is 10.1. The minimum Gasteiger partial charge on any atom is -0.394 e. The van der Waals surface area contributed by atoms with E-state index in [1.807, 2.05) is 42.5 Å². The van der Waals surface area contributed by atoms with Gasteiger partial charge < -0.3 is 10.8 Å². The van der Waals surface area contributed by atoms with Gasteiger partial charge in [0.1, 0.15) is 0 Å². The number of benzene rings is 2. The molecule has 0 fully saturated rings. The van der Waals surface area contributed by atoms with Gasteiger partial charge in [0.15, 0.2) is 0 Å². The fourth-order valence-electron chi connectivity index (χ4n) is 1.83. The summed E-state index contributed by atoms with van der Waals surface area (Å²) in [6.07, 6.45) is 0. The van der Waals surface area contributed by atoms with Crippen molar-refractivity contribution in [2.24, 2.45) is 5.73 Å². The average Bonchev–Trinajstić information content (AvgIpc) is 2.40. The predicted molar refractivity (Wildman–Crippen MR) is 69.9 cm³/mol. The van der Waals surface area contributed by atoms with Crippen molar-refractivity contribution in [3.8, 4) is 0 Å². The quantitative estimate of drug-likeness (QED) is 0.876. The molecule has 2 rings (SSSR count). The molecule has 0 amide bonds. The molecule has 0 heterocycles. The van der Waals surface area contributed by atoms with E-state index in [1.54, 1.807) is 12.1 Å². The molecule has 0 radical (unpaired) electrons. The molecule has 3 heteroatoms. The maximum Gasteiger partial charge on any atom is 0.0900 e. The summed E-state index contributed by atoms with van der Waals surface area (Å²) in [4.78, 5) is 0. The summed E-state index contributed by atoms with van der Waals surface area (Å²) in [5.74, 6) is 0. The zero-order chi connectivity index (χ0) is 12.3. The van der Waals surface area contributed by atoms with Gasteiger partial charge in [0.05, 0.1) is 12.1 Å². The van der Waals surface area contributed by atoms with Crippen molar-refractivity contribution < 1.29 is 5.11 Å². The number of rotatable bonds is 3. The Bertz CT molecular complexity index is 483. The first-order valence-electron chi connectivity index (χ1n) is 5.38. The van der Waals surface area contributed by atoms with Gasteiger partial charge in [0, 0.05) is 5.02 Å². The molecular formula is C14H14ClNO. The van der Waals surface area contributed by atoms with Crippen LogP contribution in [0, 0.1) is 0 Å². The number of aliphatic hydroxyl groups excluding tert-OH is 1. The number of hydrogen-bond acceptors (Lipinski definition) is 2. The number of nitrogens with two attached hydrogens (primary N) is 1. The predicted octanol–water partition coefficient (Wildman–Crippen LogP) is 2.53. The molecule has 1 unspecified atom stereocenters. The van der Waals surface area contributed by atoms with Crippen molar-refractivity contribution in [3.05, 3.63) is 70.7 Å². The van der Waals surface area contributed by atoms with E-state index in [2.05, 4.69) is 0 Å². The standard InChI is InChI=1S/C14H14ClNO/c15-13-8-6-12(7-9-13)14(16,10-17)11-4-2-1-3-5-11/h1-9,17H,10,16H2. The van der Waals surface area contributed by atoms with Crippen LogP contribution < -0.4 is 5.73 Å². The van der Waals surface area contributed by atoms with Crippen molar-refractivity contribution in [3.63, 3.8) is 0 Å². The largest absolute Gasteiger partial charge is 0.394 e. The lowest BCUT2D eigenvalue weighted by atomic mass is 9.84. The summed E-state index contributed by atoms with van der Waals surface area (Å²) < 4.78 is 0. The second-order valence-electron chi connectivity index (χ2n) is 4.00. The van der Waals surface area contributed by atoms with Gasteiger partial charge in [-0.2, -0.15) is 0 Å². The van der Waals surface area contributed by atoms with E-state index in [4.69, 9.17) is 17.3 Å². The molecule has 2 aromatic carbocycles. The smallest absolute Gasteiger partial charge is 0.0900 e. The summed E-state index contributed by atoms with van der Waals surface area (Å²) in [5, 5.41) is 10.3. The molecule has 0 aliphatic rings. The molecule has 1 atom stereocenters. The number of halogens is 1. The fourth-order valence-corrected chi connectivity index (χ4v) is 1.96. The Kier molecular flexibility index (Phi) is 3.48. The molecule has 0 saturated heterocycles. The molecule has 88 valence electrons. The Balaban J connectivity index is 2.48. The third-order valence-electron chi connectivity index (χ3n) is 2.90. The first kappa shape index (κ1) is 12.1. The fraction of sp³-hybridized carbons (Fsp3) is 0.143. The van der Waals surface area contributed by atoms with E-state index in [0.29, 0.717) is 5.02 Å². The van der Waals surface area contributed by atoms with Crippen LogP contribution in [0.25, 0.3) is 0 Å². The van der Waals surface area contributed by atoms with E-state index in [0.717, 1.165) is 11.1 Å². The van der Waals surface area contributed by atoms with Crippen LogP contribution >= 0.6 is 11.6 Å². The van der Waals surface area contributed by atoms with E-state index in [9.17, 15) is 5.11 Å². The van der Waals surface area contributed by atoms with Crippen molar-refractivity contribution in [2.45, 2.75) is 5.54 Å². The van der Waals surface area contributed by atoms with Crippen LogP contribution in [-0.2, 0) is 5.54 Å². The lowest BCUT2D eigenvalue weighted by Gasteiger charge is -2.28. The van der Waals surface area contributed by atoms with Crippen LogP contribution in [-0.4, -0.2) is 11.7 Å². The van der Waals surface area contributed by atoms with E-state index >= 15 is 0 Å². The maximum atomic E-state index is 9.60. The number of aliphatic hydroxyl groups is 1. The SMILES string of the molecule is NC(CO)(c1ccccc1)c1ccc(Cl)cc1. The minimum absolute atomic E-state index is 0.154. The molecule has 17 heavy (non-hydrogen) atoms. The molecule has 3 N–H and O–H groups in total. The summed E-state index contributed by atoms with van der Waals surface area (Å²) >= 11 is 5.85. The molecule has 0 spiro atoms. The molecule has 2 aromatic rings. The zero-order valence-electron chi connectivity index (χ0n) is 9.31. The molecule has 0 aliphatic heterocycles. The van der Waals surface area contributed by atoms with Gasteiger partial charge in [-0.1, -0.05) is 54.1 Å². The summed E-state index contributed by atoms with van der Waals surface area (Å²) in [6, 6.07) is 16.8. The van der Waals surface area contributed by atoms with Gasteiger partial charge >= 0.3 is 0 Å². The molecule has 0 bridgehead atoms. The Labute approximate surface area is 106 Å². The van der Waals surface area contributed by atoms with Crippen LogP contribution in [0.1, 0.15) is 11.1 Å². The highest BCUT2D eigenvalue weighted by Crippen LogP contribution is 2.27. The van der Waals surface area contributed by atoms with Crippen molar-refractivity contribution >= 4 is 11.6 Å². The van der Waals surface area contributed by atoms with E-state index in [-0.39, 0.29) is 6.61 Å². The topological polar surface area (TPSA) is 46.2 Å². The van der Waals surface area contributed by atoms with Gasteiger partial charge in [0.25, 0.3) is 0 Å². The van der Waals surface area contributed by atoms with Crippen LogP contribution in [0.5, 0.6) is 0 Å². The Morgan fingerprint density at radius 3 is 2.00 bits per heavy atom. The van der Waals surface area contributed by atoms with Gasteiger partial charge in [0.2, 0.25) is 0 Å². The van der Waals surface area contributed by atoms with E-state index in [1.165, 1.54) is 0 Å². The summed E-state index contributed by atoms with van der Waals surface area (Å²) in [6.45, 7) is -0.154. The lowest BCUT2D eigenvalue weighted by molar-refractivity contribution is 0.223. The van der Waals surface area contributed by atoms with Crippen LogP contribution in [0.15, 0.2) is 54.6 Å². The Hall–Kier alpha value is -1.35. The van der Waals surface area contributed by atoms with Gasteiger partial charge in [-0.25, -0.2) is 0 Å². The average molecular weight is 248 g/mol. The normalized spacial score (nSPS) is 14.3. The van der Waals surface area contributed by atoms with Gasteiger partial charge in [-0.3, -0.25) is 0 Å². The Morgan fingerprint density at radius 1 is 0.941 bits per heavy atom. The van der Waals surface area contributed by atoms with Crippen LogP contribution in [0.4, 0.5) is 0 Å². The molecular weight excluding hydrogens is 234 g/mol. The van der Waals surface area contributed by atoms with Crippen molar-refractivity contribution in [2.75, 3.05) is 6.61 Å². The highest BCUT2D eigenvalue weighted by Gasteiger charge is 2.28. The minimum atomic E-state index is -0.883. The van der Waals surface area contributed by atoms with Crippen LogP contribution in [0.2, 0.25) is 5.02 Å². The van der Waals surface area contributed by atoms with Crippen molar-refractivity contribution in [1.82, 2.24) is 0 Å². The second-order valence-corrected chi connectivity index (χ2v) is 4.44. The highest BCUT2D eigenvalue weighted by molar-refractivity contribution is 6.30. The highest BCUT2D eigenvalue weighted by atomic mass is 35.5. The van der Waals surface area contributed by atoms with Crippen LogP contribution in [0.3, 0.4) is 0 Å². The second kappa shape index (κ2) is 4.88. The van der Waals surface area contributed by atoms with E-state index < -0.39 is 5.54 Å². The monoisotopic (exact) mass is 247 g/mol. The third-order valence-corrected chi connectivity index (χ3v) is 3.15. The summed E-state index contributed by atoms with van der Waals surface area (Å²) in [5.41, 5.74) is 7.14. The van der Waals surface area contributed by atoms with Gasteiger partial charge in [-0.15, -0.1) is 0 Å². The first-order chi connectivity index (χ1) is 8.16. The molecule has 0 aromatic heterocycles. The van der Waals surface area contributed by atoms with Crippen molar-refractivity contribution in [1.29, 1.82) is 0 Å². The Morgan fingerprint density at radius 2 is 1.47 bits per heavy atom. The van der Waals surface area contributed by atoms with Gasteiger partial charge in [-0.05, 0) is 23.3 Å². The third kappa shape index (κ3) is 2.34. The molecule has 2 nitrogen and oxygen atoms in total. The lowest BCUT2D eigenvalue weighted by Crippen LogP contribution is -2.41. The maximum absolute atomic E-state index is 9.60. The molecule has 0 aliphatic carbocycles. The first-order valence-corrected chi connectivity index (χ1v) is 5.76. The molecule has 0 saturated carbocycles.